The van der Waals surface area contributed by atoms with Crippen LogP contribution in [0.4, 0.5) is 0 Å². The number of piperidine rings is 1. The summed E-state index contributed by atoms with van der Waals surface area (Å²) in [5, 5.41) is 7.57. The third-order valence-electron chi connectivity index (χ3n) is 3.65. The predicted molar refractivity (Wildman–Crippen MR) is 83.0 cm³/mol. The van der Waals surface area contributed by atoms with Gasteiger partial charge in [-0.25, -0.2) is 0 Å². The van der Waals surface area contributed by atoms with Crippen LogP contribution in [0.15, 0.2) is 10.6 Å². The Balaban J connectivity index is 1.81. The van der Waals surface area contributed by atoms with Gasteiger partial charge in [0, 0.05) is 31.3 Å². The molecule has 0 radical (unpaired) electrons. The summed E-state index contributed by atoms with van der Waals surface area (Å²) in [5.74, 6) is 0.942. The number of aromatic nitrogens is 1. The van der Waals surface area contributed by atoms with Crippen LogP contribution in [0.25, 0.3) is 0 Å². The van der Waals surface area contributed by atoms with Crippen molar-refractivity contribution in [2.24, 2.45) is 0 Å². The minimum atomic E-state index is 0.0939. The molecule has 0 spiro atoms. The van der Waals surface area contributed by atoms with Crippen LogP contribution >= 0.6 is 0 Å². The van der Waals surface area contributed by atoms with Crippen LogP contribution in [0, 0.1) is 0 Å². The first-order chi connectivity index (χ1) is 9.96. The average molecular weight is 295 g/mol. The van der Waals surface area contributed by atoms with Gasteiger partial charge in [0.05, 0.1) is 18.3 Å². The van der Waals surface area contributed by atoms with Gasteiger partial charge in [-0.05, 0) is 47.1 Å². The highest BCUT2D eigenvalue weighted by Crippen LogP contribution is 2.16. The first-order valence-electron chi connectivity index (χ1n) is 7.99. The molecule has 0 aromatic carbocycles. The van der Waals surface area contributed by atoms with E-state index in [2.05, 4.69) is 49.1 Å². The summed E-state index contributed by atoms with van der Waals surface area (Å²) in [6, 6.07) is 2.06. The van der Waals surface area contributed by atoms with Gasteiger partial charge in [-0.2, -0.15) is 0 Å². The Hall–Kier alpha value is -0.910. The van der Waals surface area contributed by atoms with Crippen molar-refractivity contribution in [3.05, 3.63) is 17.5 Å². The predicted octanol–water partition coefficient (Wildman–Crippen LogP) is 2.56. The van der Waals surface area contributed by atoms with Gasteiger partial charge < -0.3 is 14.6 Å². The number of nitrogens with one attached hydrogen (secondary N) is 1. The lowest BCUT2D eigenvalue weighted by atomic mass is 10.1. The fraction of sp³-hybridized carbons (Fsp3) is 0.812. The maximum atomic E-state index is 5.73. The summed E-state index contributed by atoms with van der Waals surface area (Å²) >= 11 is 0. The van der Waals surface area contributed by atoms with E-state index in [1.807, 2.05) is 0 Å². The average Bonchev–Trinajstić information content (AvgIpc) is 2.84. The molecule has 0 amide bonds. The lowest BCUT2D eigenvalue weighted by molar-refractivity contribution is 0.00156. The monoisotopic (exact) mass is 295 g/mol. The molecule has 120 valence electrons. The van der Waals surface area contributed by atoms with Crippen molar-refractivity contribution in [3.63, 3.8) is 0 Å². The van der Waals surface area contributed by atoms with Gasteiger partial charge in [-0.1, -0.05) is 5.16 Å². The van der Waals surface area contributed by atoms with Crippen molar-refractivity contribution < 1.29 is 9.26 Å². The van der Waals surface area contributed by atoms with Gasteiger partial charge in [0.25, 0.3) is 0 Å². The molecule has 1 aromatic heterocycles. The fourth-order valence-electron chi connectivity index (χ4n) is 2.62. The number of likely N-dealkylation sites (tertiary alicyclic amines) is 1. The fourth-order valence-corrected chi connectivity index (χ4v) is 2.62. The Morgan fingerprint density at radius 3 is 3.00 bits per heavy atom. The van der Waals surface area contributed by atoms with Crippen LogP contribution in [0.5, 0.6) is 0 Å². The second kappa shape index (κ2) is 7.38. The molecule has 1 aromatic rings. The zero-order chi connectivity index (χ0) is 15.3. The molecule has 1 atom stereocenters. The molecule has 5 nitrogen and oxygen atoms in total. The van der Waals surface area contributed by atoms with Crippen molar-refractivity contribution in [3.8, 4) is 0 Å². The highest BCUT2D eigenvalue weighted by Gasteiger charge is 2.21. The molecular formula is C16H29N3O2. The molecule has 0 bridgehead atoms. The second-order valence-electron chi connectivity index (χ2n) is 6.84. The summed E-state index contributed by atoms with van der Waals surface area (Å²) in [4.78, 5) is 2.39. The summed E-state index contributed by atoms with van der Waals surface area (Å²) in [5.41, 5.74) is 1.06. The van der Waals surface area contributed by atoms with Crippen molar-refractivity contribution in [2.75, 3.05) is 19.7 Å². The van der Waals surface area contributed by atoms with Gasteiger partial charge in [-0.3, -0.25) is 4.90 Å². The topological polar surface area (TPSA) is 50.5 Å². The second-order valence-corrected chi connectivity index (χ2v) is 6.84. The molecule has 1 fully saturated rings. The zero-order valence-corrected chi connectivity index (χ0v) is 13.8. The highest BCUT2D eigenvalue weighted by molar-refractivity contribution is 5.05. The van der Waals surface area contributed by atoms with E-state index in [0.29, 0.717) is 6.10 Å². The van der Waals surface area contributed by atoms with Crippen LogP contribution in [0.1, 0.15) is 52.0 Å². The Bertz CT molecular complexity index is 423. The minimum absolute atomic E-state index is 0.0939. The number of nitrogens with zero attached hydrogens (tertiary/aromatic N) is 2. The highest BCUT2D eigenvalue weighted by atomic mass is 16.5. The Labute approximate surface area is 128 Å². The summed E-state index contributed by atoms with van der Waals surface area (Å²) in [7, 11) is 0. The standard InChI is InChI=1S/C16H29N3O2/c1-5-20-14-7-6-8-19(11-14)12-15-9-13(18-21-15)10-17-16(2,3)4/h9,14,17H,5-8,10-12H2,1-4H3. The van der Waals surface area contributed by atoms with Crippen molar-refractivity contribution in [2.45, 2.75) is 65.3 Å². The van der Waals surface area contributed by atoms with Crippen molar-refractivity contribution in [1.82, 2.24) is 15.4 Å². The molecule has 2 rings (SSSR count). The molecule has 1 N–H and O–H groups in total. The summed E-state index contributed by atoms with van der Waals surface area (Å²) in [6.07, 6.45) is 2.73. The maximum absolute atomic E-state index is 5.73. The lowest BCUT2D eigenvalue weighted by Crippen LogP contribution is -2.39. The van der Waals surface area contributed by atoms with Crippen molar-refractivity contribution in [1.29, 1.82) is 0 Å². The zero-order valence-electron chi connectivity index (χ0n) is 13.8. The van der Waals surface area contributed by atoms with Gasteiger partial charge >= 0.3 is 0 Å². The van der Waals surface area contributed by atoms with Gasteiger partial charge in [0.1, 0.15) is 0 Å². The molecular weight excluding hydrogens is 266 g/mol. The van der Waals surface area contributed by atoms with Crippen LogP contribution in [-0.4, -0.2) is 41.4 Å². The third kappa shape index (κ3) is 5.77. The Morgan fingerprint density at radius 2 is 2.29 bits per heavy atom. The number of hydrogen-bond donors (Lipinski definition) is 1. The minimum Gasteiger partial charge on any atom is -0.377 e. The molecule has 2 heterocycles. The lowest BCUT2D eigenvalue weighted by Gasteiger charge is -2.31. The SMILES string of the molecule is CCOC1CCCN(Cc2cc(CNC(C)(C)C)no2)C1. The van der Waals surface area contributed by atoms with E-state index < -0.39 is 0 Å². The first-order valence-corrected chi connectivity index (χ1v) is 7.99. The van der Waals surface area contributed by atoms with Gasteiger partial charge in [0.2, 0.25) is 0 Å². The van der Waals surface area contributed by atoms with Gasteiger partial charge in [0.15, 0.2) is 5.76 Å². The van der Waals surface area contributed by atoms with E-state index in [9.17, 15) is 0 Å². The van der Waals surface area contributed by atoms with E-state index in [4.69, 9.17) is 9.26 Å². The molecule has 1 saturated heterocycles. The van der Waals surface area contributed by atoms with E-state index in [1.54, 1.807) is 0 Å². The van der Waals surface area contributed by atoms with E-state index in [1.165, 1.54) is 12.8 Å². The van der Waals surface area contributed by atoms with Crippen molar-refractivity contribution >= 4 is 0 Å². The summed E-state index contributed by atoms with van der Waals surface area (Å²) in [6.45, 7) is 13.0. The molecule has 0 aliphatic carbocycles. The van der Waals surface area contributed by atoms with Crippen LogP contribution in [0.3, 0.4) is 0 Å². The Morgan fingerprint density at radius 1 is 1.48 bits per heavy atom. The van der Waals surface area contributed by atoms with Gasteiger partial charge in [-0.15, -0.1) is 0 Å². The van der Waals surface area contributed by atoms with E-state index >= 15 is 0 Å². The molecule has 1 unspecified atom stereocenters. The molecule has 5 heteroatoms. The first kappa shape index (κ1) is 16.5. The largest absolute Gasteiger partial charge is 0.377 e. The number of rotatable bonds is 6. The van der Waals surface area contributed by atoms with E-state index in [-0.39, 0.29) is 5.54 Å². The molecule has 21 heavy (non-hydrogen) atoms. The normalized spacial score (nSPS) is 20.9. The third-order valence-corrected chi connectivity index (χ3v) is 3.65. The van der Waals surface area contributed by atoms with Crippen LogP contribution in [0.2, 0.25) is 0 Å². The smallest absolute Gasteiger partial charge is 0.151 e. The number of ether oxygens (including phenoxy) is 1. The molecule has 0 saturated carbocycles. The number of hydrogen-bond acceptors (Lipinski definition) is 5. The van der Waals surface area contributed by atoms with Crippen LogP contribution in [-0.2, 0) is 17.8 Å². The maximum Gasteiger partial charge on any atom is 0.151 e. The molecule has 1 aliphatic heterocycles. The Kier molecular flexibility index (Phi) is 5.79. The van der Waals surface area contributed by atoms with E-state index in [0.717, 1.165) is 44.2 Å². The molecule has 1 aliphatic rings. The van der Waals surface area contributed by atoms with Crippen LogP contribution < -0.4 is 5.32 Å². The summed E-state index contributed by atoms with van der Waals surface area (Å²) < 4.78 is 11.2. The quantitative estimate of drug-likeness (QED) is 0.874.